The molecule has 1 heterocycles. The number of benzene rings is 1. The van der Waals surface area contributed by atoms with E-state index in [1.54, 1.807) is 18.3 Å². The molecule has 2 aromatic rings. The second-order valence-corrected chi connectivity index (χ2v) is 4.35. The molecule has 0 amide bonds. The van der Waals surface area contributed by atoms with Gasteiger partial charge in [0.25, 0.3) is 0 Å². The maximum absolute atomic E-state index is 13.7. The average molecular weight is 284 g/mol. The third-order valence-corrected chi connectivity index (χ3v) is 2.82. The van der Waals surface area contributed by atoms with E-state index in [2.05, 4.69) is 26.1 Å². The normalized spacial score (nSPS) is 10.7. The van der Waals surface area contributed by atoms with Crippen LogP contribution in [0, 0.1) is 5.82 Å². The number of rotatable bonds is 3. The standard InChI is InChI=1S/C11H11BrFN3/c12-8-1-2-10(13)9(5-8)11-7(3-4-14)6-15-16-11/h1-2,5-6H,3-4,14H2,(H,15,16). The Morgan fingerprint density at radius 2 is 2.25 bits per heavy atom. The highest BCUT2D eigenvalue weighted by Gasteiger charge is 2.11. The molecule has 0 aliphatic rings. The van der Waals surface area contributed by atoms with Crippen LogP contribution in [0.4, 0.5) is 4.39 Å². The van der Waals surface area contributed by atoms with Crippen LogP contribution in [0.5, 0.6) is 0 Å². The summed E-state index contributed by atoms with van der Waals surface area (Å²) < 4.78 is 14.5. The predicted octanol–water partition coefficient (Wildman–Crippen LogP) is 2.48. The maximum atomic E-state index is 13.7. The molecule has 0 atom stereocenters. The summed E-state index contributed by atoms with van der Waals surface area (Å²) in [5, 5.41) is 6.73. The Bertz CT molecular complexity index is 496. The number of hydrogen-bond acceptors (Lipinski definition) is 2. The van der Waals surface area contributed by atoms with Crippen LogP contribution in [0.2, 0.25) is 0 Å². The van der Waals surface area contributed by atoms with Gasteiger partial charge in [0.2, 0.25) is 0 Å². The molecule has 0 radical (unpaired) electrons. The van der Waals surface area contributed by atoms with Crippen LogP contribution in [0.25, 0.3) is 11.3 Å². The van der Waals surface area contributed by atoms with Crippen LogP contribution in [0.3, 0.4) is 0 Å². The van der Waals surface area contributed by atoms with Gasteiger partial charge < -0.3 is 5.73 Å². The summed E-state index contributed by atoms with van der Waals surface area (Å²) in [7, 11) is 0. The smallest absolute Gasteiger partial charge is 0.132 e. The van der Waals surface area contributed by atoms with Crippen molar-refractivity contribution in [2.45, 2.75) is 6.42 Å². The van der Waals surface area contributed by atoms with Crippen LogP contribution in [-0.2, 0) is 6.42 Å². The number of aromatic amines is 1. The molecule has 1 aromatic carbocycles. The molecule has 0 fully saturated rings. The van der Waals surface area contributed by atoms with Crippen LogP contribution in [0.1, 0.15) is 5.56 Å². The van der Waals surface area contributed by atoms with E-state index >= 15 is 0 Å². The van der Waals surface area contributed by atoms with Crippen LogP contribution in [-0.4, -0.2) is 16.7 Å². The summed E-state index contributed by atoms with van der Waals surface area (Å²) >= 11 is 3.32. The van der Waals surface area contributed by atoms with Crippen molar-refractivity contribution in [3.05, 3.63) is 40.2 Å². The van der Waals surface area contributed by atoms with Crippen molar-refractivity contribution < 1.29 is 4.39 Å². The lowest BCUT2D eigenvalue weighted by Crippen LogP contribution is -2.03. The zero-order valence-corrected chi connectivity index (χ0v) is 10.1. The zero-order valence-electron chi connectivity index (χ0n) is 8.50. The minimum Gasteiger partial charge on any atom is -0.330 e. The van der Waals surface area contributed by atoms with Crippen molar-refractivity contribution >= 4 is 15.9 Å². The predicted molar refractivity (Wildman–Crippen MR) is 64.4 cm³/mol. The minimum absolute atomic E-state index is 0.272. The van der Waals surface area contributed by atoms with Crippen molar-refractivity contribution in [3.63, 3.8) is 0 Å². The molecule has 3 nitrogen and oxygen atoms in total. The Hall–Kier alpha value is -1.20. The molecule has 0 spiro atoms. The van der Waals surface area contributed by atoms with Crippen molar-refractivity contribution in [2.24, 2.45) is 5.73 Å². The number of nitrogens with two attached hydrogens (primary N) is 1. The molecule has 3 N–H and O–H groups in total. The number of halogens is 2. The molecule has 2 rings (SSSR count). The first kappa shape index (κ1) is 11.3. The first-order chi connectivity index (χ1) is 7.72. The van der Waals surface area contributed by atoms with Crippen molar-refractivity contribution in [1.82, 2.24) is 10.2 Å². The Morgan fingerprint density at radius 1 is 1.44 bits per heavy atom. The fourth-order valence-corrected chi connectivity index (χ4v) is 1.94. The third-order valence-electron chi connectivity index (χ3n) is 2.33. The van der Waals surface area contributed by atoms with Gasteiger partial charge in [0.15, 0.2) is 0 Å². The number of nitrogens with one attached hydrogen (secondary N) is 1. The first-order valence-electron chi connectivity index (χ1n) is 4.90. The number of hydrogen-bond donors (Lipinski definition) is 2. The minimum atomic E-state index is -0.272. The first-order valence-corrected chi connectivity index (χ1v) is 5.69. The number of aromatic nitrogens is 2. The highest BCUT2D eigenvalue weighted by atomic mass is 79.9. The molecule has 84 valence electrons. The molecule has 16 heavy (non-hydrogen) atoms. The van der Waals surface area contributed by atoms with Gasteiger partial charge in [0.1, 0.15) is 5.82 Å². The highest BCUT2D eigenvalue weighted by Crippen LogP contribution is 2.27. The summed E-state index contributed by atoms with van der Waals surface area (Å²) in [6.45, 7) is 0.516. The largest absolute Gasteiger partial charge is 0.330 e. The Balaban J connectivity index is 2.49. The quantitative estimate of drug-likeness (QED) is 0.909. The lowest BCUT2D eigenvalue weighted by molar-refractivity contribution is 0.630. The molecule has 0 saturated heterocycles. The van der Waals surface area contributed by atoms with E-state index in [0.717, 1.165) is 10.0 Å². The summed E-state index contributed by atoms with van der Waals surface area (Å²) in [4.78, 5) is 0. The van der Waals surface area contributed by atoms with E-state index in [0.29, 0.717) is 24.2 Å². The molecule has 0 unspecified atom stereocenters. The van der Waals surface area contributed by atoms with Gasteiger partial charge in [-0.3, -0.25) is 5.10 Å². The number of H-pyrrole nitrogens is 1. The SMILES string of the molecule is NCCc1cn[nH]c1-c1cc(Br)ccc1F. The summed E-state index contributed by atoms with van der Waals surface area (Å²) in [6.07, 6.45) is 2.36. The van der Waals surface area contributed by atoms with E-state index in [-0.39, 0.29) is 5.82 Å². The summed E-state index contributed by atoms with van der Waals surface area (Å²) in [5.74, 6) is -0.272. The van der Waals surface area contributed by atoms with Crippen LogP contribution < -0.4 is 5.73 Å². The molecule has 0 aliphatic carbocycles. The van der Waals surface area contributed by atoms with Crippen LogP contribution in [0.15, 0.2) is 28.9 Å². The zero-order chi connectivity index (χ0) is 11.5. The van der Waals surface area contributed by atoms with Gasteiger partial charge in [-0.05, 0) is 36.7 Å². The van der Waals surface area contributed by atoms with Gasteiger partial charge in [-0.15, -0.1) is 0 Å². The van der Waals surface area contributed by atoms with Gasteiger partial charge in [-0.2, -0.15) is 5.10 Å². The molecule has 0 saturated carbocycles. The molecular weight excluding hydrogens is 273 g/mol. The number of nitrogens with zero attached hydrogens (tertiary/aromatic N) is 1. The van der Waals surface area contributed by atoms with Gasteiger partial charge in [0, 0.05) is 10.0 Å². The lowest BCUT2D eigenvalue weighted by atomic mass is 10.1. The van der Waals surface area contributed by atoms with E-state index in [4.69, 9.17) is 5.73 Å². The fraction of sp³-hybridized carbons (Fsp3) is 0.182. The second-order valence-electron chi connectivity index (χ2n) is 3.43. The molecular formula is C11H11BrFN3. The van der Waals surface area contributed by atoms with E-state index in [1.807, 2.05) is 0 Å². The lowest BCUT2D eigenvalue weighted by Gasteiger charge is -2.04. The van der Waals surface area contributed by atoms with Gasteiger partial charge in [-0.25, -0.2) is 4.39 Å². The topological polar surface area (TPSA) is 54.7 Å². The Labute approximate surface area is 101 Å². The third kappa shape index (κ3) is 2.15. The fourth-order valence-electron chi connectivity index (χ4n) is 1.58. The van der Waals surface area contributed by atoms with Crippen LogP contribution >= 0.6 is 15.9 Å². The van der Waals surface area contributed by atoms with Gasteiger partial charge in [-0.1, -0.05) is 15.9 Å². The van der Waals surface area contributed by atoms with Crippen molar-refractivity contribution in [3.8, 4) is 11.3 Å². The molecule has 0 aliphatic heterocycles. The molecule has 0 bridgehead atoms. The van der Waals surface area contributed by atoms with Gasteiger partial charge in [0.05, 0.1) is 11.9 Å². The highest BCUT2D eigenvalue weighted by molar-refractivity contribution is 9.10. The maximum Gasteiger partial charge on any atom is 0.132 e. The van der Waals surface area contributed by atoms with E-state index in [1.165, 1.54) is 6.07 Å². The van der Waals surface area contributed by atoms with Crippen molar-refractivity contribution in [1.29, 1.82) is 0 Å². The molecule has 5 heteroatoms. The average Bonchev–Trinajstić information content (AvgIpc) is 2.70. The molecule has 1 aromatic heterocycles. The Morgan fingerprint density at radius 3 is 3.00 bits per heavy atom. The summed E-state index contributed by atoms with van der Waals surface area (Å²) in [5.41, 5.74) is 7.63. The monoisotopic (exact) mass is 283 g/mol. The second kappa shape index (κ2) is 4.76. The Kier molecular flexibility index (Phi) is 3.36. The van der Waals surface area contributed by atoms with Crippen molar-refractivity contribution in [2.75, 3.05) is 6.54 Å². The summed E-state index contributed by atoms with van der Waals surface area (Å²) in [6, 6.07) is 4.81. The van der Waals surface area contributed by atoms with E-state index in [9.17, 15) is 4.39 Å². The van der Waals surface area contributed by atoms with E-state index < -0.39 is 0 Å². The van der Waals surface area contributed by atoms with Gasteiger partial charge >= 0.3 is 0 Å².